The lowest BCUT2D eigenvalue weighted by molar-refractivity contribution is 0.394. The van der Waals surface area contributed by atoms with E-state index in [2.05, 4.69) is 37.1 Å². The number of ether oxygens (including phenoxy) is 1. The molecule has 0 bridgehead atoms. The van der Waals surface area contributed by atoms with E-state index in [0.717, 1.165) is 4.47 Å². The average Bonchev–Trinajstić information content (AvgIpc) is 2.21. The first-order chi connectivity index (χ1) is 7.17. The third-order valence-electron chi connectivity index (χ3n) is 1.70. The number of aromatic nitrogens is 2. The second kappa shape index (κ2) is 5.56. The van der Waals surface area contributed by atoms with E-state index in [4.69, 9.17) is 11.2 Å². The topological polar surface area (TPSA) is 47.0 Å². The van der Waals surface area contributed by atoms with Gasteiger partial charge in [-0.3, -0.25) is 0 Å². The van der Waals surface area contributed by atoms with Crippen LogP contribution in [0.2, 0.25) is 0 Å². The van der Waals surface area contributed by atoms with Crippen molar-refractivity contribution in [3.05, 3.63) is 10.7 Å². The van der Waals surface area contributed by atoms with Crippen LogP contribution >= 0.6 is 15.9 Å². The monoisotopic (exact) mass is 269 g/mol. The third kappa shape index (κ3) is 3.40. The SMILES string of the molecule is C#CCC(C)Nc1ncc(Br)c(OC)n1. The Balaban J connectivity index is 2.75. The summed E-state index contributed by atoms with van der Waals surface area (Å²) in [4.78, 5) is 8.24. The number of nitrogens with zero attached hydrogens (tertiary/aromatic N) is 2. The van der Waals surface area contributed by atoms with Gasteiger partial charge in [-0.15, -0.1) is 12.3 Å². The maximum atomic E-state index is 5.20. The maximum Gasteiger partial charge on any atom is 0.232 e. The predicted molar refractivity (Wildman–Crippen MR) is 62.8 cm³/mol. The summed E-state index contributed by atoms with van der Waals surface area (Å²) >= 11 is 3.28. The van der Waals surface area contributed by atoms with Gasteiger partial charge in [-0.05, 0) is 22.9 Å². The molecule has 0 spiro atoms. The van der Waals surface area contributed by atoms with Crippen LogP contribution in [0.5, 0.6) is 5.88 Å². The van der Waals surface area contributed by atoms with Crippen molar-refractivity contribution < 1.29 is 4.74 Å². The molecule has 0 aliphatic heterocycles. The van der Waals surface area contributed by atoms with Crippen molar-refractivity contribution in [3.63, 3.8) is 0 Å². The van der Waals surface area contributed by atoms with Crippen LogP contribution in [0.25, 0.3) is 0 Å². The quantitative estimate of drug-likeness (QED) is 0.851. The first-order valence-corrected chi connectivity index (χ1v) is 5.23. The van der Waals surface area contributed by atoms with Crippen molar-refractivity contribution >= 4 is 21.9 Å². The summed E-state index contributed by atoms with van der Waals surface area (Å²) < 4.78 is 5.77. The highest BCUT2D eigenvalue weighted by Gasteiger charge is 2.06. The molecule has 1 rings (SSSR count). The first kappa shape index (κ1) is 11.8. The maximum absolute atomic E-state index is 5.20. The van der Waals surface area contributed by atoms with Gasteiger partial charge in [-0.1, -0.05) is 0 Å². The zero-order chi connectivity index (χ0) is 11.3. The molecule has 15 heavy (non-hydrogen) atoms. The van der Waals surface area contributed by atoms with E-state index in [-0.39, 0.29) is 6.04 Å². The van der Waals surface area contributed by atoms with Crippen molar-refractivity contribution in [2.24, 2.45) is 0 Å². The number of anilines is 1. The molecular formula is C10H12BrN3O. The summed E-state index contributed by atoms with van der Waals surface area (Å²) in [7, 11) is 1.56. The number of nitrogens with one attached hydrogen (secondary N) is 1. The van der Waals surface area contributed by atoms with Gasteiger partial charge in [-0.25, -0.2) is 4.98 Å². The lowest BCUT2D eigenvalue weighted by Gasteiger charge is -2.11. The molecule has 1 N–H and O–H groups in total. The fourth-order valence-corrected chi connectivity index (χ4v) is 1.37. The Morgan fingerprint density at radius 1 is 1.73 bits per heavy atom. The molecule has 4 nitrogen and oxygen atoms in total. The largest absolute Gasteiger partial charge is 0.480 e. The second-order valence-corrected chi connectivity index (χ2v) is 3.86. The second-order valence-electron chi connectivity index (χ2n) is 3.00. The summed E-state index contributed by atoms with van der Waals surface area (Å²) in [5.41, 5.74) is 0. The molecule has 5 heteroatoms. The number of hydrogen-bond donors (Lipinski definition) is 1. The zero-order valence-corrected chi connectivity index (χ0v) is 10.2. The highest BCUT2D eigenvalue weighted by Crippen LogP contribution is 2.22. The molecule has 80 valence electrons. The molecule has 0 aliphatic rings. The summed E-state index contributed by atoms with van der Waals surface area (Å²) in [6.45, 7) is 1.97. The number of halogens is 1. The minimum Gasteiger partial charge on any atom is -0.480 e. The van der Waals surface area contributed by atoms with E-state index in [9.17, 15) is 0 Å². The molecule has 0 amide bonds. The molecule has 1 heterocycles. The first-order valence-electron chi connectivity index (χ1n) is 4.44. The molecule has 1 atom stereocenters. The molecular weight excluding hydrogens is 258 g/mol. The molecule has 1 aromatic rings. The summed E-state index contributed by atoms with van der Waals surface area (Å²) in [6.07, 6.45) is 7.46. The molecule has 0 saturated heterocycles. The van der Waals surface area contributed by atoms with Gasteiger partial charge in [-0.2, -0.15) is 4.98 Å². The van der Waals surface area contributed by atoms with Crippen LogP contribution in [0, 0.1) is 12.3 Å². The Hall–Kier alpha value is -1.28. The Labute approximate surface area is 97.6 Å². The molecule has 0 saturated carbocycles. The molecule has 0 aliphatic carbocycles. The van der Waals surface area contributed by atoms with E-state index >= 15 is 0 Å². The van der Waals surface area contributed by atoms with E-state index < -0.39 is 0 Å². The van der Waals surface area contributed by atoms with Crippen LogP contribution in [0.15, 0.2) is 10.7 Å². The van der Waals surface area contributed by atoms with Crippen LogP contribution < -0.4 is 10.1 Å². The summed E-state index contributed by atoms with van der Waals surface area (Å²) in [6, 6.07) is 0.140. The standard InChI is InChI=1S/C10H12BrN3O/c1-4-5-7(2)13-10-12-6-8(11)9(14-10)15-3/h1,6-7H,5H2,2-3H3,(H,12,13,14). The smallest absolute Gasteiger partial charge is 0.232 e. The fourth-order valence-electron chi connectivity index (χ4n) is 1.01. The Bertz CT molecular complexity index is 375. The molecule has 1 unspecified atom stereocenters. The normalized spacial score (nSPS) is 11.6. The van der Waals surface area contributed by atoms with Crippen molar-refractivity contribution in [2.75, 3.05) is 12.4 Å². The Morgan fingerprint density at radius 3 is 3.07 bits per heavy atom. The zero-order valence-electron chi connectivity index (χ0n) is 8.62. The highest BCUT2D eigenvalue weighted by atomic mass is 79.9. The van der Waals surface area contributed by atoms with Gasteiger partial charge in [0.15, 0.2) is 0 Å². The minimum absolute atomic E-state index is 0.140. The molecule has 0 radical (unpaired) electrons. The van der Waals surface area contributed by atoms with Crippen molar-refractivity contribution in [3.8, 4) is 18.2 Å². The summed E-state index contributed by atoms with van der Waals surface area (Å²) in [5, 5.41) is 3.08. The molecule has 0 fully saturated rings. The highest BCUT2D eigenvalue weighted by molar-refractivity contribution is 9.10. The van der Waals surface area contributed by atoms with Gasteiger partial charge >= 0.3 is 0 Å². The minimum atomic E-state index is 0.140. The number of methoxy groups -OCH3 is 1. The van der Waals surface area contributed by atoms with Gasteiger partial charge in [0.2, 0.25) is 11.8 Å². The molecule has 1 aromatic heterocycles. The van der Waals surface area contributed by atoms with Crippen molar-refractivity contribution in [2.45, 2.75) is 19.4 Å². The van der Waals surface area contributed by atoms with Crippen LogP contribution in [-0.2, 0) is 0 Å². The van der Waals surface area contributed by atoms with E-state index in [1.807, 2.05) is 6.92 Å². The fraction of sp³-hybridized carbons (Fsp3) is 0.400. The molecule has 0 aromatic carbocycles. The van der Waals surface area contributed by atoms with Crippen LogP contribution in [0.3, 0.4) is 0 Å². The van der Waals surface area contributed by atoms with Crippen molar-refractivity contribution in [1.29, 1.82) is 0 Å². The Morgan fingerprint density at radius 2 is 2.47 bits per heavy atom. The lowest BCUT2D eigenvalue weighted by Crippen LogP contribution is -2.16. The average molecular weight is 270 g/mol. The third-order valence-corrected chi connectivity index (χ3v) is 2.25. The van der Waals surface area contributed by atoms with Gasteiger partial charge in [0, 0.05) is 12.5 Å². The predicted octanol–water partition coefficient (Wildman–Crippen LogP) is 2.07. The number of rotatable bonds is 4. The number of hydrogen-bond acceptors (Lipinski definition) is 4. The van der Waals surface area contributed by atoms with E-state index in [1.165, 1.54) is 0 Å². The van der Waals surface area contributed by atoms with Crippen LogP contribution in [0.4, 0.5) is 5.95 Å². The lowest BCUT2D eigenvalue weighted by atomic mass is 10.2. The Kier molecular flexibility index (Phi) is 4.37. The van der Waals surface area contributed by atoms with Gasteiger partial charge in [0.05, 0.1) is 17.8 Å². The van der Waals surface area contributed by atoms with Crippen molar-refractivity contribution in [1.82, 2.24) is 9.97 Å². The van der Waals surface area contributed by atoms with Crippen LogP contribution in [-0.4, -0.2) is 23.1 Å². The van der Waals surface area contributed by atoms with E-state index in [1.54, 1.807) is 13.3 Å². The summed E-state index contributed by atoms with van der Waals surface area (Å²) in [5.74, 6) is 3.58. The van der Waals surface area contributed by atoms with Crippen LogP contribution in [0.1, 0.15) is 13.3 Å². The van der Waals surface area contributed by atoms with Gasteiger partial charge in [0.25, 0.3) is 0 Å². The van der Waals surface area contributed by atoms with Gasteiger partial charge < -0.3 is 10.1 Å². The number of terminal acetylenes is 1. The van der Waals surface area contributed by atoms with Gasteiger partial charge in [0.1, 0.15) is 0 Å². The van der Waals surface area contributed by atoms with E-state index in [0.29, 0.717) is 18.2 Å².